The van der Waals surface area contributed by atoms with Gasteiger partial charge < -0.3 is 13.5 Å². The van der Waals surface area contributed by atoms with E-state index < -0.39 is 16.1 Å². The number of hydrogen-bond donors (Lipinski definition) is 0. The lowest BCUT2D eigenvalue weighted by Gasteiger charge is -2.21. The molecule has 3 aromatic carbocycles. The van der Waals surface area contributed by atoms with Crippen molar-refractivity contribution in [3.05, 3.63) is 89.6 Å². The molecule has 7 nitrogen and oxygen atoms in total. The summed E-state index contributed by atoms with van der Waals surface area (Å²) in [5, 5.41) is 0.570. The highest BCUT2D eigenvalue weighted by Crippen LogP contribution is 2.34. The lowest BCUT2D eigenvalue weighted by molar-refractivity contribution is 0.0526. The van der Waals surface area contributed by atoms with E-state index in [0.717, 1.165) is 35.6 Å². The number of benzene rings is 3. The number of hydrogen-bond acceptors (Lipinski definition) is 6. The monoisotopic (exact) mass is 520 g/mol. The number of para-hydroxylation sites is 1. The third-order valence-corrected chi connectivity index (χ3v) is 7.58. The Balaban J connectivity index is 1.92. The zero-order valence-electron chi connectivity index (χ0n) is 21.6. The number of nitrogens with zero attached hydrogens (tertiary/aromatic N) is 2. The maximum atomic E-state index is 13.3. The molecule has 37 heavy (non-hydrogen) atoms. The Labute approximate surface area is 218 Å². The molecule has 1 aromatic heterocycles. The van der Waals surface area contributed by atoms with Crippen molar-refractivity contribution < 1.29 is 22.1 Å². The average molecular weight is 521 g/mol. The van der Waals surface area contributed by atoms with Crippen LogP contribution in [0.15, 0.2) is 77.7 Å². The van der Waals surface area contributed by atoms with Crippen LogP contribution in [0.25, 0.3) is 16.6 Å². The molecule has 194 valence electrons. The lowest BCUT2D eigenvalue weighted by atomic mass is 10.1. The standard InChI is InChI=1S/C29H32N2O5S/c1-5-30(6-2)20-27-28(29(32)35-7-3)25-19-23(36-37(33,34)24-16-13-21(4)14-17-24)15-18-26(25)31(27)22-11-9-8-10-12-22/h8-19H,5-7,20H2,1-4H3. The van der Waals surface area contributed by atoms with Crippen molar-refractivity contribution in [3.8, 4) is 11.4 Å². The van der Waals surface area contributed by atoms with Gasteiger partial charge in [0.25, 0.3) is 0 Å². The molecule has 8 heteroatoms. The van der Waals surface area contributed by atoms with Crippen molar-refractivity contribution >= 4 is 27.0 Å². The van der Waals surface area contributed by atoms with Crippen LogP contribution in [0.5, 0.6) is 5.75 Å². The fraction of sp³-hybridized carbons (Fsp3) is 0.276. The molecule has 0 radical (unpaired) electrons. The summed E-state index contributed by atoms with van der Waals surface area (Å²) >= 11 is 0. The van der Waals surface area contributed by atoms with Crippen molar-refractivity contribution in [2.45, 2.75) is 39.1 Å². The predicted molar refractivity (Wildman–Crippen MR) is 145 cm³/mol. The third kappa shape index (κ3) is 5.55. The van der Waals surface area contributed by atoms with Crippen LogP contribution in [-0.2, 0) is 21.4 Å². The molecule has 0 fully saturated rings. The quantitative estimate of drug-likeness (QED) is 0.196. The van der Waals surface area contributed by atoms with Crippen molar-refractivity contribution in [1.82, 2.24) is 9.47 Å². The topological polar surface area (TPSA) is 77.8 Å². The number of aryl methyl sites for hydroxylation is 1. The number of fused-ring (bicyclic) bond motifs is 1. The highest BCUT2D eigenvalue weighted by atomic mass is 32.2. The molecule has 0 spiro atoms. The lowest BCUT2D eigenvalue weighted by Crippen LogP contribution is -2.25. The van der Waals surface area contributed by atoms with E-state index in [-0.39, 0.29) is 17.3 Å². The van der Waals surface area contributed by atoms with E-state index in [9.17, 15) is 13.2 Å². The Morgan fingerprint density at radius 1 is 0.919 bits per heavy atom. The second-order valence-electron chi connectivity index (χ2n) is 8.70. The molecule has 0 aliphatic heterocycles. The van der Waals surface area contributed by atoms with E-state index in [1.54, 1.807) is 37.3 Å². The van der Waals surface area contributed by atoms with Crippen molar-refractivity contribution in [3.63, 3.8) is 0 Å². The van der Waals surface area contributed by atoms with Gasteiger partial charge in [0.2, 0.25) is 0 Å². The number of carbonyl (C=O) groups excluding carboxylic acids is 1. The molecule has 0 N–H and O–H groups in total. The molecule has 4 aromatic rings. The average Bonchev–Trinajstić information content (AvgIpc) is 3.20. The second kappa shape index (κ2) is 11.2. The van der Waals surface area contributed by atoms with Gasteiger partial charge >= 0.3 is 16.1 Å². The summed E-state index contributed by atoms with van der Waals surface area (Å²) in [5.41, 5.74) is 3.79. The van der Waals surface area contributed by atoms with E-state index in [1.807, 2.05) is 41.8 Å². The molecule has 0 atom stereocenters. The van der Waals surface area contributed by atoms with Gasteiger partial charge in [-0.1, -0.05) is 49.7 Å². The van der Waals surface area contributed by atoms with Crippen LogP contribution in [-0.4, -0.2) is 43.6 Å². The van der Waals surface area contributed by atoms with Crippen molar-refractivity contribution in [2.75, 3.05) is 19.7 Å². The minimum Gasteiger partial charge on any atom is -0.462 e. The van der Waals surface area contributed by atoms with E-state index in [0.29, 0.717) is 17.5 Å². The summed E-state index contributed by atoms with van der Waals surface area (Å²) in [6, 6.07) is 21.3. The van der Waals surface area contributed by atoms with Crippen molar-refractivity contribution in [1.29, 1.82) is 0 Å². The molecular weight excluding hydrogens is 488 g/mol. The summed E-state index contributed by atoms with van der Waals surface area (Å²) < 4.78 is 38.9. The molecule has 4 rings (SSSR count). The molecular formula is C29H32N2O5S. The highest BCUT2D eigenvalue weighted by Gasteiger charge is 2.27. The Morgan fingerprint density at radius 2 is 1.59 bits per heavy atom. The largest absolute Gasteiger partial charge is 0.462 e. The van der Waals surface area contributed by atoms with Crippen LogP contribution in [0.2, 0.25) is 0 Å². The highest BCUT2D eigenvalue weighted by molar-refractivity contribution is 7.87. The van der Waals surface area contributed by atoms with Gasteiger partial charge in [0.1, 0.15) is 10.6 Å². The van der Waals surface area contributed by atoms with Gasteiger partial charge in [-0.3, -0.25) is 4.90 Å². The van der Waals surface area contributed by atoms with Crippen LogP contribution in [0.1, 0.15) is 42.4 Å². The van der Waals surface area contributed by atoms with Gasteiger partial charge in [-0.15, -0.1) is 0 Å². The summed E-state index contributed by atoms with van der Waals surface area (Å²) in [4.78, 5) is 15.6. The van der Waals surface area contributed by atoms with Gasteiger partial charge in [0.15, 0.2) is 0 Å². The number of esters is 1. The normalized spacial score (nSPS) is 11.7. The number of carbonyl (C=O) groups is 1. The zero-order valence-corrected chi connectivity index (χ0v) is 22.4. The number of aromatic nitrogens is 1. The van der Waals surface area contributed by atoms with Gasteiger partial charge in [-0.05, 0) is 69.4 Å². The molecule has 0 aliphatic rings. The van der Waals surface area contributed by atoms with Gasteiger partial charge in [-0.2, -0.15) is 8.42 Å². The first kappa shape index (κ1) is 26.4. The summed E-state index contributed by atoms with van der Waals surface area (Å²) in [5.74, 6) is -0.332. The SMILES string of the molecule is CCOC(=O)c1c(CN(CC)CC)n(-c2ccccc2)c2ccc(OS(=O)(=O)c3ccc(C)cc3)cc12. The zero-order chi connectivity index (χ0) is 26.6. The van der Waals surface area contributed by atoms with E-state index in [2.05, 4.69) is 18.7 Å². The fourth-order valence-electron chi connectivity index (χ4n) is 4.37. The first-order valence-electron chi connectivity index (χ1n) is 12.4. The second-order valence-corrected chi connectivity index (χ2v) is 10.3. The minimum absolute atomic E-state index is 0.0629. The summed E-state index contributed by atoms with van der Waals surface area (Å²) in [6.45, 7) is 10.1. The predicted octanol–water partition coefficient (Wildman–Crippen LogP) is 5.73. The Kier molecular flexibility index (Phi) is 8.00. The Bertz CT molecular complexity index is 1490. The number of ether oxygens (including phenoxy) is 1. The van der Waals surface area contributed by atoms with Crippen LogP contribution in [0.3, 0.4) is 0 Å². The smallest absolute Gasteiger partial charge is 0.340 e. The minimum atomic E-state index is -4.06. The van der Waals surface area contributed by atoms with Crippen molar-refractivity contribution in [2.24, 2.45) is 0 Å². The maximum absolute atomic E-state index is 13.3. The van der Waals surface area contributed by atoms with Crippen LogP contribution in [0, 0.1) is 6.92 Å². The molecule has 0 saturated carbocycles. The summed E-state index contributed by atoms with van der Waals surface area (Å²) in [7, 11) is -4.06. The molecule has 0 aliphatic carbocycles. The molecule has 1 heterocycles. The summed E-state index contributed by atoms with van der Waals surface area (Å²) in [6.07, 6.45) is 0. The molecule has 0 bridgehead atoms. The van der Waals surface area contributed by atoms with Crippen LogP contribution < -0.4 is 4.18 Å². The first-order valence-corrected chi connectivity index (χ1v) is 13.8. The number of rotatable bonds is 10. The first-order chi connectivity index (χ1) is 17.8. The Hall–Kier alpha value is -3.62. The van der Waals surface area contributed by atoms with Crippen LogP contribution >= 0.6 is 0 Å². The fourth-order valence-corrected chi connectivity index (χ4v) is 5.29. The van der Waals surface area contributed by atoms with E-state index in [1.165, 1.54) is 12.1 Å². The van der Waals surface area contributed by atoms with Gasteiger partial charge in [-0.25, -0.2) is 4.79 Å². The van der Waals surface area contributed by atoms with E-state index >= 15 is 0 Å². The molecule has 0 amide bonds. The van der Waals surface area contributed by atoms with Crippen LogP contribution in [0.4, 0.5) is 0 Å². The van der Waals surface area contributed by atoms with Gasteiger partial charge in [0.05, 0.1) is 23.4 Å². The maximum Gasteiger partial charge on any atom is 0.340 e. The third-order valence-electron chi connectivity index (χ3n) is 6.31. The molecule has 0 saturated heterocycles. The van der Waals surface area contributed by atoms with E-state index in [4.69, 9.17) is 8.92 Å². The van der Waals surface area contributed by atoms with Gasteiger partial charge in [0, 0.05) is 17.6 Å². The Morgan fingerprint density at radius 3 is 2.22 bits per heavy atom. The molecule has 0 unspecified atom stereocenters.